The molecular formula is C18H21N3O2S. The number of carbonyl (C=O) groups excluding carboxylic acids is 1. The Labute approximate surface area is 145 Å². The molecule has 2 N–H and O–H groups in total. The van der Waals surface area contributed by atoms with Crippen LogP contribution in [0.4, 0.5) is 9.93 Å². The predicted octanol–water partition coefficient (Wildman–Crippen LogP) is 3.71. The van der Waals surface area contributed by atoms with Gasteiger partial charge in [0.15, 0.2) is 5.13 Å². The third-order valence-electron chi connectivity index (χ3n) is 4.80. The Kier molecular flexibility index (Phi) is 4.14. The zero-order chi connectivity index (χ0) is 16.5. The van der Waals surface area contributed by atoms with Gasteiger partial charge in [-0.25, -0.2) is 9.78 Å². The Hall–Kier alpha value is -2.08. The molecule has 6 heteroatoms. The number of hydrogen-bond acceptors (Lipinski definition) is 4. The zero-order valence-corrected chi connectivity index (χ0v) is 14.4. The number of rotatable bonds is 1. The van der Waals surface area contributed by atoms with E-state index in [1.54, 1.807) is 28.4 Å². The van der Waals surface area contributed by atoms with Crippen molar-refractivity contribution >= 4 is 22.5 Å². The molecule has 1 aromatic carbocycles. The third-order valence-corrected chi connectivity index (χ3v) is 5.87. The number of anilines is 1. The van der Waals surface area contributed by atoms with Crippen LogP contribution in [0.1, 0.15) is 41.0 Å². The van der Waals surface area contributed by atoms with Gasteiger partial charge >= 0.3 is 6.03 Å². The number of nitrogens with zero attached hydrogens (tertiary/aromatic N) is 2. The zero-order valence-electron chi connectivity index (χ0n) is 13.5. The summed E-state index contributed by atoms with van der Waals surface area (Å²) in [5, 5.41) is 13.3. The fourth-order valence-corrected chi connectivity index (χ4v) is 4.51. The van der Waals surface area contributed by atoms with E-state index in [9.17, 15) is 9.90 Å². The maximum Gasteiger partial charge on any atom is 0.323 e. The molecule has 0 unspecified atom stereocenters. The van der Waals surface area contributed by atoms with Crippen LogP contribution in [0.25, 0.3) is 0 Å². The van der Waals surface area contributed by atoms with Crippen molar-refractivity contribution in [3.63, 3.8) is 0 Å². The van der Waals surface area contributed by atoms with Crippen molar-refractivity contribution in [1.29, 1.82) is 0 Å². The summed E-state index contributed by atoms with van der Waals surface area (Å²) >= 11 is 1.62. The van der Waals surface area contributed by atoms with Gasteiger partial charge in [-0.15, -0.1) is 11.3 Å². The lowest BCUT2D eigenvalue weighted by atomic mass is 10.00. The summed E-state index contributed by atoms with van der Waals surface area (Å²) in [5.41, 5.74) is 3.39. The molecule has 0 saturated heterocycles. The number of carbonyl (C=O) groups is 1. The first-order valence-corrected chi connectivity index (χ1v) is 9.36. The van der Waals surface area contributed by atoms with Crippen LogP contribution < -0.4 is 5.32 Å². The number of amides is 2. The fraction of sp³-hybridized carbons (Fsp3) is 0.444. The first-order chi connectivity index (χ1) is 11.7. The molecule has 0 atom stereocenters. The smallest absolute Gasteiger partial charge is 0.323 e. The average Bonchev–Trinajstić information content (AvgIpc) is 2.82. The van der Waals surface area contributed by atoms with Crippen molar-refractivity contribution in [2.75, 3.05) is 11.9 Å². The molecule has 0 saturated carbocycles. The molecule has 2 heterocycles. The topological polar surface area (TPSA) is 65.5 Å². The van der Waals surface area contributed by atoms with Gasteiger partial charge in [-0.3, -0.25) is 5.32 Å². The van der Waals surface area contributed by atoms with Crippen LogP contribution in [0.2, 0.25) is 0 Å². The number of aromatic hydroxyl groups is 1. The molecule has 2 aromatic rings. The highest BCUT2D eigenvalue weighted by molar-refractivity contribution is 7.15. The highest BCUT2D eigenvalue weighted by atomic mass is 32.1. The highest BCUT2D eigenvalue weighted by Gasteiger charge is 2.22. The number of phenolic OH excluding ortho intramolecular Hbond substituents is 1. The number of phenols is 1. The van der Waals surface area contributed by atoms with Crippen LogP contribution in [0, 0.1) is 0 Å². The van der Waals surface area contributed by atoms with Crippen molar-refractivity contribution in [2.24, 2.45) is 0 Å². The molecule has 126 valence electrons. The minimum atomic E-state index is -0.104. The van der Waals surface area contributed by atoms with E-state index in [-0.39, 0.29) is 11.8 Å². The van der Waals surface area contributed by atoms with Gasteiger partial charge in [-0.05, 0) is 55.4 Å². The van der Waals surface area contributed by atoms with Gasteiger partial charge in [0.25, 0.3) is 0 Å². The summed E-state index contributed by atoms with van der Waals surface area (Å²) in [7, 11) is 0. The molecule has 24 heavy (non-hydrogen) atoms. The van der Waals surface area contributed by atoms with Gasteiger partial charge in [0.1, 0.15) is 5.75 Å². The van der Waals surface area contributed by atoms with Crippen LogP contribution in [0.5, 0.6) is 5.75 Å². The molecule has 1 aliphatic heterocycles. The Balaban J connectivity index is 1.45. The van der Waals surface area contributed by atoms with Gasteiger partial charge in [0.05, 0.1) is 5.69 Å². The lowest BCUT2D eigenvalue weighted by Gasteiger charge is -2.28. The van der Waals surface area contributed by atoms with Crippen molar-refractivity contribution in [3.05, 3.63) is 39.9 Å². The first-order valence-electron chi connectivity index (χ1n) is 8.54. The number of aryl methyl sites for hydroxylation is 2. The highest BCUT2D eigenvalue weighted by Crippen LogP contribution is 2.29. The molecule has 0 radical (unpaired) electrons. The van der Waals surface area contributed by atoms with Gasteiger partial charge in [-0.1, -0.05) is 12.5 Å². The Morgan fingerprint density at radius 1 is 1.17 bits per heavy atom. The molecule has 5 nitrogen and oxygen atoms in total. The van der Waals surface area contributed by atoms with E-state index >= 15 is 0 Å². The summed E-state index contributed by atoms with van der Waals surface area (Å²) in [6.45, 7) is 1.22. The van der Waals surface area contributed by atoms with E-state index in [4.69, 9.17) is 0 Å². The number of nitrogens with one attached hydrogen (secondary N) is 1. The minimum Gasteiger partial charge on any atom is -0.508 e. The molecule has 4 rings (SSSR count). The van der Waals surface area contributed by atoms with Crippen molar-refractivity contribution in [2.45, 2.75) is 45.1 Å². The summed E-state index contributed by atoms with van der Waals surface area (Å²) < 4.78 is 0. The molecule has 2 aliphatic rings. The number of thiazole rings is 1. The molecule has 0 bridgehead atoms. The molecule has 1 aliphatic carbocycles. The van der Waals surface area contributed by atoms with Gasteiger partial charge in [0, 0.05) is 18.0 Å². The quantitative estimate of drug-likeness (QED) is 0.776. The van der Waals surface area contributed by atoms with E-state index in [2.05, 4.69) is 10.3 Å². The normalized spacial score (nSPS) is 16.9. The number of fused-ring (bicyclic) bond motifs is 2. The Morgan fingerprint density at radius 2 is 2.04 bits per heavy atom. The standard InChI is InChI=1S/C18H21N3O2S/c22-14-7-6-12-8-9-21(11-13(12)10-14)18(23)20-17-19-15-4-2-1-3-5-16(15)24-17/h6-7,10,22H,1-5,8-9,11H2,(H,19,20,23). The van der Waals surface area contributed by atoms with E-state index in [0.29, 0.717) is 18.2 Å². The van der Waals surface area contributed by atoms with E-state index in [0.717, 1.165) is 24.8 Å². The van der Waals surface area contributed by atoms with Crippen LogP contribution in [-0.4, -0.2) is 27.6 Å². The summed E-state index contributed by atoms with van der Waals surface area (Å²) in [4.78, 5) is 20.3. The van der Waals surface area contributed by atoms with Crippen molar-refractivity contribution in [1.82, 2.24) is 9.88 Å². The third kappa shape index (κ3) is 3.11. The molecule has 2 amide bonds. The summed E-state index contributed by atoms with van der Waals surface area (Å²) in [6, 6.07) is 5.29. The number of hydrogen-bond donors (Lipinski definition) is 2. The second-order valence-electron chi connectivity index (χ2n) is 6.50. The number of aromatic nitrogens is 1. The lowest BCUT2D eigenvalue weighted by molar-refractivity contribution is 0.206. The van der Waals surface area contributed by atoms with Gasteiger partial charge in [-0.2, -0.15) is 0 Å². The maximum atomic E-state index is 12.6. The van der Waals surface area contributed by atoms with Crippen LogP contribution in [-0.2, 0) is 25.8 Å². The first kappa shape index (κ1) is 15.4. The SMILES string of the molecule is O=C(Nc1nc2c(s1)CCCCC2)N1CCc2ccc(O)cc2C1. The molecule has 0 fully saturated rings. The van der Waals surface area contributed by atoms with Crippen molar-refractivity contribution < 1.29 is 9.90 Å². The predicted molar refractivity (Wildman–Crippen MR) is 94.6 cm³/mol. The van der Waals surface area contributed by atoms with Gasteiger partial charge < -0.3 is 10.0 Å². The van der Waals surface area contributed by atoms with E-state index in [1.165, 1.54) is 35.4 Å². The minimum absolute atomic E-state index is 0.104. The molecule has 0 spiro atoms. The Morgan fingerprint density at radius 3 is 2.96 bits per heavy atom. The average molecular weight is 343 g/mol. The maximum absolute atomic E-state index is 12.6. The monoisotopic (exact) mass is 343 g/mol. The number of benzene rings is 1. The fourth-order valence-electron chi connectivity index (χ4n) is 3.47. The van der Waals surface area contributed by atoms with Crippen LogP contribution in [0.3, 0.4) is 0 Å². The van der Waals surface area contributed by atoms with Crippen LogP contribution >= 0.6 is 11.3 Å². The lowest BCUT2D eigenvalue weighted by Crippen LogP contribution is -2.38. The second kappa shape index (κ2) is 6.43. The largest absolute Gasteiger partial charge is 0.508 e. The van der Waals surface area contributed by atoms with Crippen molar-refractivity contribution in [3.8, 4) is 5.75 Å². The van der Waals surface area contributed by atoms with E-state index < -0.39 is 0 Å². The second-order valence-corrected chi connectivity index (χ2v) is 7.59. The number of urea groups is 1. The van der Waals surface area contributed by atoms with Crippen LogP contribution in [0.15, 0.2) is 18.2 Å². The van der Waals surface area contributed by atoms with E-state index in [1.807, 2.05) is 6.07 Å². The molecule has 1 aromatic heterocycles. The molecular weight excluding hydrogens is 322 g/mol. The Bertz CT molecular complexity index is 748. The summed E-state index contributed by atoms with van der Waals surface area (Å²) in [6.07, 6.45) is 6.60. The summed E-state index contributed by atoms with van der Waals surface area (Å²) in [5.74, 6) is 0.250. The van der Waals surface area contributed by atoms with Gasteiger partial charge in [0.2, 0.25) is 0 Å².